The Morgan fingerprint density at radius 3 is 1.00 bits per heavy atom. The second kappa shape index (κ2) is 11.2. The van der Waals surface area contributed by atoms with Crippen LogP contribution in [0.25, 0.3) is 0 Å². The van der Waals surface area contributed by atoms with E-state index in [1.165, 1.54) is 11.1 Å². The Morgan fingerprint density at radius 2 is 0.800 bits per heavy atom. The van der Waals surface area contributed by atoms with Crippen LogP contribution < -0.4 is 0 Å². The monoisotopic (exact) mass is 274 g/mol. The van der Waals surface area contributed by atoms with Gasteiger partial charge in [-0.05, 0) is 23.0 Å². The third-order valence-corrected chi connectivity index (χ3v) is 2.91. The second-order valence-electron chi connectivity index (χ2n) is 5.09. The SMILES string of the molecule is CC(C)c1ccccc1C(C)C.OO.c1ccccc1. The lowest BCUT2D eigenvalue weighted by Crippen LogP contribution is -1.97. The maximum Gasteiger partial charge on any atom is -0.0216 e. The summed E-state index contributed by atoms with van der Waals surface area (Å²) in [5.41, 5.74) is 2.99. The molecular formula is C18H26O2. The van der Waals surface area contributed by atoms with Crippen molar-refractivity contribution in [3.63, 3.8) is 0 Å². The van der Waals surface area contributed by atoms with Gasteiger partial charge in [-0.25, -0.2) is 0 Å². The molecule has 20 heavy (non-hydrogen) atoms. The molecule has 2 N–H and O–H groups in total. The Morgan fingerprint density at radius 1 is 0.550 bits per heavy atom. The third-order valence-electron chi connectivity index (χ3n) is 2.91. The average molecular weight is 274 g/mol. The van der Waals surface area contributed by atoms with E-state index in [1.54, 1.807) is 0 Å². The van der Waals surface area contributed by atoms with Crippen LogP contribution in [0.2, 0.25) is 0 Å². The fourth-order valence-electron chi connectivity index (χ4n) is 1.95. The summed E-state index contributed by atoms with van der Waals surface area (Å²) in [4.78, 5) is 0. The fraction of sp³-hybridized carbons (Fsp3) is 0.333. The molecule has 0 saturated carbocycles. The van der Waals surface area contributed by atoms with Crippen molar-refractivity contribution >= 4 is 0 Å². The predicted molar refractivity (Wildman–Crippen MR) is 86.3 cm³/mol. The lowest BCUT2D eigenvalue weighted by molar-refractivity contribution is -0.176. The molecule has 0 heterocycles. The van der Waals surface area contributed by atoms with Crippen LogP contribution in [0.1, 0.15) is 50.7 Å². The normalized spacial score (nSPS) is 9.40. The Balaban J connectivity index is 0.000000377. The first kappa shape index (κ1) is 18.4. The van der Waals surface area contributed by atoms with Gasteiger partial charge in [0.05, 0.1) is 0 Å². The molecular weight excluding hydrogens is 248 g/mol. The summed E-state index contributed by atoms with van der Waals surface area (Å²) < 4.78 is 0. The van der Waals surface area contributed by atoms with Crippen LogP contribution >= 0.6 is 0 Å². The summed E-state index contributed by atoms with van der Waals surface area (Å²) in [5.74, 6) is 1.28. The Labute approximate surface area is 122 Å². The van der Waals surface area contributed by atoms with Gasteiger partial charge < -0.3 is 0 Å². The highest BCUT2D eigenvalue weighted by Crippen LogP contribution is 2.25. The minimum Gasteiger partial charge on any atom is -0.255 e. The van der Waals surface area contributed by atoms with Gasteiger partial charge in [0, 0.05) is 0 Å². The molecule has 0 spiro atoms. The fourth-order valence-corrected chi connectivity index (χ4v) is 1.95. The van der Waals surface area contributed by atoms with Gasteiger partial charge >= 0.3 is 0 Å². The molecule has 0 atom stereocenters. The molecule has 0 bridgehead atoms. The van der Waals surface area contributed by atoms with E-state index < -0.39 is 0 Å². The first-order valence-corrected chi connectivity index (χ1v) is 6.91. The summed E-state index contributed by atoms with van der Waals surface area (Å²) in [7, 11) is 0. The van der Waals surface area contributed by atoms with Gasteiger partial charge in [0.25, 0.3) is 0 Å². The molecule has 2 heteroatoms. The van der Waals surface area contributed by atoms with Crippen molar-refractivity contribution in [1.29, 1.82) is 0 Å². The highest BCUT2D eigenvalue weighted by Gasteiger charge is 2.07. The lowest BCUT2D eigenvalue weighted by atomic mass is 9.91. The van der Waals surface area contributed by atoms with E-state index in [9.17, 15) is 0 Å². The van der Waals surface area contributed by atoms with Gasteiger partial charge in [0.1, 0.15) is 0 Å². The number of hydrogen-bond donors (Lipinski definition) is 2. The standard InChI is InChI=1S/C12H18.C6H6.H2O2/c1-9(2)11-7-5-6-8-12(11)10(3)4;1-2-4-6-5-3-1;1-2/h5-10H,1-4H3;1-6H;1-2H. The first-order valence-electron chi connectivity index (χ1n) is 6.91. The topological polar surface area (TPSA) is 40.5 Å². The molecule has 0 unspecified atom stereocenters. The highest BCUT2D eigenvalue weighted by atomic mass is 17.0. The largest absolute Gasteiger partial charge is 0.255 e. The molecule has 0 aliphatic rings. The molecule has 0 fully saturated rings. The van der Waals surface area contributed by atoms with Crippen LogP contribution in [-0.4, -0.2) is 10.5 Å². The van der Waals surface area contributed by atoms with E-state index in [0.717, 1.165) is 0 Å². The highest BCUT2D eigenvalue weighted by molar-refractivity contribution is 5.31. The molecule has 110 valence electrons. The molecule has 2 aromatic rings. The molecule has 0 amide bonds. The first-order chi connectivity index (χ1) is 9.63. The van der Waals surface area contributed by atoms with E-state index >= 15 is 0 Å². The van der Waals surface area contributed by atoms with Crippen molar-refractivity contribution in [2.45, 2.75) is 39.5 Å². The Kier molecular flexibility index (Phi) is 10.3. The summed E-state index contributed by atoms with van der Waals surface area (Å²) in [6.07, 6.45) is 0. The van der Waals surface area contributed by atoms with E-state index in [-0.39, 0.29) is 0 Å². The van der Waals surface area contributed by atoms with Gasteiger partial charge in [-0.3, -0.25) is 10.5 Å². The number of benzene rings is 2. The van der Waals surface area contributed by atoms with Crippen molar-refractivity contribution in [2.24, 2.45) is 0 Å². The lowest BCUT2D eigenvalue weighted by Gasteiger charge is -2.14. The van der Waals surface area contributed by atoms with Crippen molar-refractivity contribution in [1.82, 2.24) is 0 Å². The molecule has 0 aliphatic heterocycles. The average Bonchev–Trinajstić information content (AvgIpc) is 2.51. The minimum atomic E-state index is 0.642. The van der Waals surface area contributed by atoms with Gasteiger partial charge in [-0.1, -0.05) is 88.4 Å². The number of hydrogen-bond acceptors (Lipinski definition) is 2. The summed E-state index contributed by atoms with van der Waals surface area (Å²) in [6.45, 7) is 9.00. The predicted octanol–water partition coefficient (Wildman–Crippen LogP) is 5.64. The molecule has 2 rings (SSSR count). The maximum atomic E-state index is 6.00. The minimum absolute atomic E-state index is 0.642. The summed E-state index contributed by atoms with van der Waals surface area (Å²) >= 11 is 0. The van der Waals surface area contributed by atoms with Gasteiger partial charge in [-0.15, -0.1) is 0 Å². The Hall–Kier alpha value is -1.64. The molecule has 2 aromatic carbocycles. The van der Waals surface area contributed by atoms with Crippen LogP contribution in [0, 0.1) is 0 Å². The van der Waals surface area contributed by atoms with Crippen LogP contribution in [0.15, 0.2) is 60.7 Å². The molecule has 0 radical (unpaired) electrons. The zero-order valence-corrected chi connectivity index (χ0v) is 12.8. The molecule has 2 nitrogen and oxygen atoms in total. The van der Waals surface area contributed by atoms with Gasteiger partial charge in [0.2, 0.25) is 0 Å². The third kappa shape index (κ3) is 7.07. The smallest absolute Gasteiger partial charge is 0.0216 e. The summed E-state index contributed by atoms with van der Waals surface area (Å²) in [6, 6.07) is 20.7. The van der Waals surface area contributed by atoms with Gasteiger partial charge in [-0.2, -0.15) is 0 Å². The van der Waals surface area contributed by atoms with Crippen LogP contribution in [0.4, 0.5) is 0 Å². The molecule has 0 aliphatic carbocycles. The number of rotatable bonds is 2. The van der Waals surface area contributed by atoms with E-state index in [2.05, 4.69) is 52.0 Å². The second-order valence-corrected chi connectivity index (χ2v) is 5.09. The van der Waals surface area contributed by atoms with Crippen molar-refractivity contribution in [3.05, 3.63) is 71.8 Å². The zero-order valence-electron chi connectivity index (χ0n) is 12.8. The van der Waals surface area contributed by atoms with Gasteiger partial charge in [0.15, 0.2) is 0 Å². The molecule has 0 aromatic heterocycles. The quantitative estimate of drug-likeness (QED) is 0.549. The molecule has 0 saturated heterocycles. The van der Waals surface area contributed by atoms with Crippen LogP contribution in [0.5, 0.6) is 0 Å². The zero-order chi connectivity index (χ0) is 15.4. The van der Waals surface area contributed by atoms with Crippen molar-refractivity contribution < 1.29 is 10.5 Å². The maximum absolute atomic E-state index is 6.00. The summed E-state index contributed by atoms with van der Waals surface area (Å²) in [5, 5.41) is 12.0. The Bertz CT molecular complexity index is 382. The van der Waals surface area contributed by atoms with E-state index in [0.29, 0.717) is 11.8 Å². The van der Waals surface area contributed by atoms with Crippen LogP contribution in [-0.2, 0) is 0 Å². The van der Waals surface area contributed by atoms with E-state index in [1.807, 2.05) is 36.4 Å². The van der Waals surface area contributed by atoms with E-state index in [4.69, 9.17) is 10.5 Å². The van der Waals surface area contributed by atoms with Crippen LogP contribution in [0.3, 0.4) is 0 Å². The van der Waals surface area contributed by atoms with Crippen molar-refractivity contribution in [3.8, 4) is 0 Å². The van der Waals surface area contributed by atoms with Crippen molar-refractivity contribution in [2.75, 3.05) is 0 Å².